The highest BCUT2D eigenvalue weighted by molar-refractivity contribution is 5.70. The summed E-state index contributed by atoms with van der Waals surface area (Å²) in [5.74, 6) is -3.09. The molecule has 0 fully saturated rings. The first-order valence-electron chi connectivity index (χ1n) is 8.82. The van der Waals surface area contributed by atoms with Crippen molar-refractivity contribution >= 4 is 17.9 Å². The minimum atomic E-state index is -1.05. The van der Waals surface area contributed by atoms with E-state index >= 15 is 0 Å². The summed E-state index contributed by atoms with van der Waals surface area (Å²) in [6, 6.07) is 0. The molecule has 0 unspecified atom stereocenters. The zero-order valence-electron chi connectivity index (χ0n) is 15.8. The van der Waals surface area contributed by atoms with Gasteiger partial charge in [0.15, 0.2) is 0 Å². The van der Waals surface area contributed by atoms with Crippen LogP contribution in [0.2, 0.25) is 0 Å². The Hall–Kier alpha value is -2.95. The lowest BCUT2D eigenvalue weighted by Crippen LogP contribution is -2.39. The second-order valence-electron chi connectivity index (χ2n) is 6.53. The van der Waals surface area contributed by atoms with Crippen LogP contribution in [0, 0.1) is 0 Å². The number of aliphatic hydroxyl groups excluding tert-OH is 1. The molecule has 0 saturated carbocycles. The van der Waals surface area contributed by atoms with Gasteiger partial charge in [0.1, 0.15) is 19.6 Å². The second kappa shape index (κ2) is 11.7. The minimum Gasteiger partial charge on any atom is -0.480 e. The maximum absolute atomic E-state index is 11.1. The van der Waals surface area contributed by atoms with Crippen LogP contribution in [-0.2, 0) is 14.4 Å². The maximum Gasteiger partial charge on any atom is 0.323 e. The number of aliphatic hydroxyl groups is 1. The van der Waals surface area contributed by atoms with E-state index in [9.17, 15) is 19.5 Å². The van der Waals surface area contributed by atoms with Crippen LogP contribution in [-0.4, -0.2) is 116 Å². The van der Waals surface area contributed by atoms with Crippen LogP contribution in [0.4, 0.5) is 0 Å². The molecule has 0 aliphatic carbocycles. The molecule has 158 valence electrons. The van der Waals surface area contributed by atoms with Gasteiger partial charge in [0.2, 0.25) is 0 Å². The molecule has 28 heavy (non-hydrogen) atoms. The number of carboxylic acids is 3. The van der Waals surface area contributed by atoms with E-state index in [2.05, 4.69) is 0 Å². The van der Waals surface area contributed by atoms with E-state index in [0.717, 1.165) is 0 Å². The Kier molecular flexibility index (Phi) is 9.65. The zero-order chi connectivity index (χ0) is 21.1. The average Bonchev–Trinajstić information content (AvgIpc) is 2.55. The van der Waals surface area contributed by atoms with Gasteiger partial charge in [-0.05, 0) is 6.92 Å². The Morgan fingerprint density at radius 2 is 1.00 bits per heavy atom. The van der Waals surface area contributed by atoms with Gasteiger partial charge in [-0.1, -0.05) is 0 Å². The van der Waals surface area contributed by atoms with Crippen molar-refractivity contribution in [3.63, 3.8) is 0 Å². The third kappa shape index (κ3) is 10.3. The van der Waals surface area contributed by atoms with Gasteiger partial charge < -0.3 is 40.0 Å². The number of nitrogens with zero attached hydrogens (tertiary/aromatic N) is 4. The predicted octanol–water partition coefficient (Wildman–Crippen LogP) is -1.21. The summed E-state index contributed by atoms with van der Waals surface area (Å²) in [6.07, 6.45) is 5.63. The summed E-state index contributed by atoms with van der Waals surface area (Å²) < 4.78 is 0. The molecule has 1 rings (SSSR count). The highest BCUT2D eigenvalue weighted by Crippen LogP contribution is 2.03. The van der Waals surface area contributed by atoms with Crippen LogP contribution >= 0.6 is 0 Å². The van der Waals surface area contributed by atoms with E-state index in [-0.39, 0.29) is 32.7 Å². The first kappa shape index (κ1) is 23.1. The number of β-amino-alcohol motifs (C(OH)–C–C–N with tert-alkyl or cyclic N) is 1. The van der Waals surface area contributed by atoms with Crippen LogP contribution in [0.25, 0.3) is 0 Å². The molecular weight excluding hydrogens is 372 g/mol. The summed E-state index contributed by atoms with van der Waals surface area (Å²) in [6.45, 7) is 2.31. The fourth-order valence-corrected chi connectivity index (χ4v) is 2.60. The molecule has 0 aromatic rings. The molecule has 0 aromatic carbocycles. The van der Waals surface area contributed by atoms with Crippen molar-refractivity contribution in [1.29, 1.82) is 0 Å². The molecule has 11 heteroatoms. The summed E-state index contributed by atoms with van der Waals surface area (Å²) >= 11 is 0. The SMILES string of the molecule is C[C@@H](O)CN1/C=C\N(CC(=O)O)CCN(CC(=O)O)/C=C\N(CC(=O)O)CC1. The van der Waals surface area contributed by atoms with Gasteiger partial charge in [-0.3, -0.25) is 14.4 Å². The molecular formula is C17H28N4O7. The van der Waals surface area contributed by atoms with Gasteiger partial charge >= 0.3 is 17.9 Å². The van der Waals surface area contributed by atoms with E-state index in [1.54, 1.807) is 24.2 Å². The number of hydrogen-bond acceptors (Lipinski definition) is 8. The van der Waals surface area contributed by atoms with Crippen LogP contribution < -0.4 is 0 Å². The highest BCUT2D eigenvalue weighted by Gasteiger charge is 2.14. The molecule has 1 atom stereocenters. The minimum absolute atomic E-state index is 0.234. The van der Waals surface area contributed by atoms with Crippen LogP contribution in [0.15, 0.2) is 24.8 Å². The molecule has 4 N–H and O–H groups in total. The van der Waals surface area contributed by atoms with Crippen LogP contribution in [0.5, 0.6) is 0 Å². The number of rotatable bonds is 8. The fraction of sp³-hybridized carbons (Fsp3) is 0.588. The molecule has 0 radical (unpaired) electrons. The molecule has 11 nitrogen and oxygen atoms in total. The van der Waals surface area contributed by atoms with Crippen molar-refractivity contribution in [2.24, 2.45) is 0 Å². The first-order valence-corrected chi connectivity index (χ1v) is 8.82. The summed E-state index contributed by atoms with van der Waals surface area (Å²) in [7, 11) is 0. The Bertz CT molecular complexity index is 594. The van der Waals surface area contributed by atoms with Crippen molar-refractivity contribution in [2.45, 2.75) is 13.0 Å². The standard InChI is InChI=1S/C17H28N4O7/c1-14(22)10-18-2-4-19(11-15(23)24)6-8-21(13-17(27)28)9-7-20(5-3-18)12-16(25)26/h2,4,7,9,14,22H,3,5-6,8,10-13H2,1H3,(H,23,24)(H,25,26)(H,27,28)/b4-2-,9-7-/t14-/m1/s1. The van der Waals surface area contributed by atoms with Gasteiger partial charge in [0, 0.05) is 57.5 Å². The fourth-order valence-electron chi connectivity index (χ4n) is 2.60. The first-order chi connectivity index (χ1) is 13.2. The lowest BCUT2D eigenvalue weighted by molar-refractivity contribution is -0.139. The number of aliphatic carboxylic acids is 3. The average molecular weight is 400 g/mol. The predicted molar refractivity (Wildman–Crippen MR) is 99.2 cm³/mol. The molecule has 0 aromatic heterocycles. The van der Waals surface area contributed by atoms with Crippen molar-refractivity contribution in [3.05, 3.63) is 24.8 Å². The van der Waals surface area contributed by atoms with Crippen molar-refractivity contribution in [2.75, 3.05) is 52.4 Å². The molecule has 0 spiro atoms. The van der Waals surface area contributed by atoms with Gasteiger partial charge in [0.25, 0.3) is 0 Å². The Labute approximate surface area is 163 Å². The van der Waals surface area contributed by atoms with Crippen LogP contribution in [0.3, 0.4) is 0 Å². The maximum atomic E-state index is 11.1. The largest absolute Gasteiger partial charge is 0.480 e. The molecule has 0 bridgehead atoms. The van der Waals surface area contributed by atoms with E-state index in [1.165, 1.54) is 27.1 Å². The Morgan fingerprint density at radius 3 is 1.29 bits per heavy atom. The molecule has 0 amide bonds. The van der Waals surface area contributed by atoms with Crippen molar-refractivity contribution in [1.82, 2.24) is 19.6 Å². The van der Waals surface area contributed by atoms with Crippen molar-refractivity contribution in [3.8, 4) is 0 Å². The molecule has 1 aliphatic rings. The Balaban J connectivity index is 3.05. The van der Waals surface area contributed by atoms with E-state index in [0.29, 0.717) is 19.6 Å². The van der Waals surface area contributed by atoms with Gasteiger partial charge in [0.05, 0.1) is 6.10 Å². The van der Waals surface area contributed by atoms with Gasteiger partial charge in [-0.2, -0.15) is 0 Å². The summed E-state index contributed by atoms with van der Waals surface area (Å²) in [5, 5.41) is 36.9. The smallest absolute Gasteiger partial charge is 0.323 e. The lowest BCUT2D eigenvalue weighted by Gasteiger charge is -2.30. The summed E-state index contributed by atoms with van der Waals surface area (Å²) in [4.78, 5) is 39.6. The van der Waals surface area contributed by atoms with E-state index < -0.39 is 24.0 Å². The summed E-state index contributed by atoms with van der Waals surface area (Å²) in [5.41, 5.74) is 0. The molecule has 0 saturated heterocycles. The van der Waals surface area contributed by atoms with E-state index in [4.69, 9.17) is 15.3 Å². The third-order valence-corrected chi connectivity index (χ3v) is 3.84. The van der Waals surface area contributed by atoms with E-state index in [1.807, 2.05) is 0 Å². The second-order valence-corrected chi connectivity index (χ2v) is 6.53. The third-order valence-electron chi connectivity index (χ3n) is 3.84. The van der Waals surface area contributed by atoms with Crippen LogP contribution in [0.1, 0.15) is 6.92 Å². The Morgan fingerprint density at radius 1 is 0.714 bits per heavy atom. The monoisotopic (exact) mass is 400 g/mol. The number of carboxylic acid groups (broad SMARTS) is 3. The van der Waals surface area contributed by atoms with Crippen molar-refractivity contribution < 1.29 is 34.8 Å². The quantitative estimate of drug-likeness (QED) is 0.389. The number of carbonyl (C=O) groups is 3. The molecule has 1 heterocycles. The number of hydrogen-bond donors (Lipinski definition) is 4. The molecule has 1 aliphatic heterocycles. The lowest BCUT2D eigenvalue weighted by atomic mass is 10.3. The van der Waals surface area contributed by atoms with Gasteiger partial charge in [-0.15, -0.1) is 0 Å². The highest BCUT2D eigenvalue weighted by atomic mass is 16.4. The normalized spacial score (nSPS) is 19.4. The zero-order valence-corrected chi connectivity index (χ0v) is 15.8. The topological polar surface area (TPSA) is 145 Å². The van der Waals surface area contributed by atoms with Gasteiger partial charge in [-0.25, -0.2) is 0 Å².